The fourth-order valence-corrected chi connectivity index (χ4v) is 3.39. The van der Waals surface area contributed by atoms with Crippen molar-refractivity contribution in [2.75, 3.05) is 39.3 Å². The molecule has 1 aromatic carbocycles. The highest BCUT2D eigenvalue weighted by molar-refractivity contribution is 6.30. The molecule has 1 aromatic rings. The first kappa shape index (κ1) is 13.2. The summed E-state index contributed by atoms with van der Waals surface area (Å²) >= 11 is 5.94. The molecule has 2 heterocycles. The Balaban J connectivity index is 1.43. The standard InChI is InChI=1S/C15H21ClN2O/c16-13-2-1-3-14(10-13)19-9-8-18-7-5-15(12-18)4-6-17-11-15/h1-3,10,17H,4-9,11-12H2. The lowest BCUT2D eigenvalue weighted by Crippen LogP contribution is -2.31. The zero-order chi connectivity index (χ0) is 13.1. The molecule has 3 nitrogen and oxygen atoms in total. The highest BCUT2D eigenvalue weighted by Crippen LogP contribution is 2.35. The van der Waals surface area contributed by atoms with E-state index in [0.717, 1.165) is 23.9 Å². The monoisotopic (exact) mass is 280 g/mol. The first-order valence-electron chi connectivity index (χ1n) is 7.07. The van der Waals surface area contributed by atoms with Gasteiger partial charge < -0.3 is 10.1 Å². The largest absolute Gasteiger partial charge is 0.492 e. The van der Waals surface area contributed by atoms with Crippen LogP contribution in [0.15, 0.2) is 24.3 Å². The van der Waals surface area contributed by atoms with Crippen LogP contribution >= 0.6 is 11.6 Å². The summed E-state index contributed by atoms with van der Waals surface area (Å²) in [4.78, 5) is 2.53. The Morgan fingerprint density at radius 2 is 2.32 bits per heavy atom. The normalized spacial score (nSPS) is 27.2. The molecule has 0 radical (unpaired) electrons. The van der Waals surface area contributed by atoms with E-state index in [4.69, 9.17) is 16.3 Å². The number of hydrogen-bond acceptors (Lipinski definition) is 3. The van der Waals surface area contributed by atoms with Gasteiger partial charge in [-0.3, -0.25) is 4.90 Å². The summed E-state index contributed by atoms with van der Waals surface area (Å²) in [5, 5.41) is 4.22. The van der Waals surface area contributed by atoms with Crippen molar-refractivity contribution in [3.05, 3.63) is 29.3 Å². The SMILES string of the molecule is Clc1cccc(OCCN2CCC3(CCNC3)C2)c1. The van der Waals surface area contributed by atoms with Crippen molar-refractivity contribution >= 4 is 11.6 Å². The molecule has 2 aliphatic rings. The summed E-state index contributed by atoms with van der Waals surface area (Å²) in [6, 6.07) is 7.62. The predicted octanol–water partition coefficient (Wildman–Crippen LogP) is 2.40. The molecule has 104 valence electrons. The number of halogens is 1. The van der Waals surface area contributed by atoms with Gasteiger partial charge in [0.25, 0.3) is 0 Å². The predicted molar refractivity (Wildman–Crippen MR) is 77.9 cm³/mol. The molecule has 2 fully saturated rings. The van der Waals surface area contributed by atoms with Crippen LogP contribution < -0.4 is 10.1 Å². The Bertz CT molecular complexity index is 432. The minimum atomic E-state index is 0.552. The molecule has 0 aliphatic carbocycles. The van der Waals surface area contributed by atoms with Crippen LogP contribution in [0.25, 0.3) is 0 Å². The minimum Gasteiger partial charge on any atom is -0.492 e. The average Bonchev–Trinajstić information content (AvgIpc) is 3.01. The third-order valence-electron chi connectivity index (χ3n) is 4.32. The first-order chi connectivity index (χ1) is 9.26. The minimum absolute atomic E-state index is 0.552. The molecule has 19 heavy (non-hydrogen) atoms. The molecule has 1 unspecified atom stereocenters. The number of nitrogens with zero attached hydrogens (tertiary/aromatic N) is 1. The van der Waals surface area contributed by atoms with Gasteiger partial charge in [-0.05, 0) is 49.5 Å². The number of benzene rings is 1. The van der Waals surface area contributed by atoms with Crippen molar-refractivity contribution in [3.63, 3.8) is 0 Å². The van der Waals surface area contributed by atoms with Crippen molar-refractivity contribution in [2.24, 2.45) is 5.41 Å². The molecule has 3 rings (SSSR count). The fraction of sp³-hybridized carbons (Fsp3) is 0.600. The number of rotatable bonds is 4. The van der Waals surface area contributed by atoms with Crippen LogP contribution in [0.2, 0.25) is 5.02 Å². The summed E-state index contributed by atoms with van der Waals surface area (Å²) in [5.41, 5.74) is 0.552. The number of ether oxygens (including phenoxy) is 1. The van der Waals surface area contributed by atoms with Gasteiger partial charge in [0, 0.05) is 24.7 Å². The van der Waals surface area contributed by atoms with Crippen LogP contribution in [0.1, 0.15) is 12.8 Å². The number of likely N-dealkylation sites (tertiary alicyclic amines) is 1. The summed E-state index contributed by atoms with van der Waals surface area (Å²) < 4.78 is 5.76. The van der Waals surface area contributed by atoms with E-state index in [1.807, 2.05) is 24.3 Å². The summed E-state index contributed by atoms with van der Waals surface area (Å²) in [5.74, 6) is 0.865. The summed E-state index contributed by atoms with van der Waals surface area (Å²) in [6.45, 7) is 6.56. The quantitative estimate of drug-likeness (QED) is 0.917. The van der Waals surface area contributed by atoms with E-state index in [-0.39, 0.29) is 0 Å². The van der Waals surface area contributed by atoms with Gasteiger partial charge in [0.1, 0.15) is 12.4 Å². The molecular formula is C15H21ClN2O. The smallest absolute Gasteiger partial charge is 0.120 e. The first-order valence-corrected chi connectivity index (χ1v) is 7.45. The van der Waals surface area contributed by atoms with E-state index >= 15 is 0 Å². The van der Waals surface area contributed by atoms with Gasteiger partial charge >= 0.3 is 0 Å². The van der Waals surface area contributed by atoms with E-state index in [2.05, 4.69) is 10.2 Å². The molecule has 4 heteroatoms. The van der Waals surface area contributed by atoms with Crippen molar-refractivity contribution in [1.82, 2.24) is 10.2 Å². The molecule has 1 N–H and O–H groups in total. The van der Waals surface area contributed by atoms with Crippen molar-refractivity contribution < 1.29 is 4.74 Å². The van der Waals surface area contributed by atoms with Gasteiger partial charge in [-0.15, -0.1) is 0 Å². The Morgan fingerprint density at radius 1 is 1.37 bits per heavy atom. The van der Waals surface area contributed by atoms with E-state index in [9.17, 15) is 0 Å². The fourth-order valence-electron chi connectivity index (χ4n) is 3.21. The van der Waals surface area contributed by atoms with Gasteiger partial charge in [0.15, 0.2) is 0 Å². The molecule has 1 atom stereocenters. The van der Waals surface area contributed by atoms with Crippen molar-refractivity contribution in [1.29, 1.82) is 0 Å². The van der Waals surface area contributed by atoms with Gasteiger partial charge in [0.2, 0.25) is 0 Å². The molecule has 0 aromatic heterocycles. The van der Waals surface area contributed by atoms with Crippen LogP contribution in [-0.4, -0.2) is 44.2 Å². The summed E-state index contributed by atoms with van der Waals surface area (Å²) in [6.07, 6.45) is 2.66. The highest BCUT2D eigenvalue weighted by atomic mass is 35.5. The second kappa shape index (κ2) is 5.70. The topological polar surface area (TPSA) is 24.5 Å². The molecule has 2 saturated heterocycles. The van der Waals surface area contributed by atoms with Crippen LogP contribution in [0, 0.1) is 5.41 Å². The van der Waals surface area contributed by atoms with Gasteiger partial charge in [-0.25, -0.2) is 0 Å². The van der Waals surface area contributed by atoms with Gasteiger partial charge in [0.05, 0.1) is 0 Å². The Morgan fingerprint density at radius 3 is 3.11 bits per heavy atom. The number of nitrogens with one attached hydrogen (secondary N) is 1. The van der Waals surface area contributed by atoms with Gasteiger partial charge in [-0.2, -0.15) is 0 Å². The maximum atomic E-state index is 5.94. The third kappa shape index (κ3) is 3.22. The van der Waals surface area contributed by atoms with Crippen LogP contribution in [0.3, 0.4) is 0 Å². The second-order valence-electron chi connectivity index (χ2n) is 5.76. The third-order valence-corrected chi connectivity index (χ3v) is 4.56. The molecule has 1 spiro atoms. The number of hydrogen-bond donors (Lipinski definition) is 1. The Kier molecular flexibility index (Phi) is 3.96. The van der Waals surface area contributed by atoms with E-state index in [0.29, 0.717) is 5.41 Å². The molecule has 0 bridgehead atoms. The zero-order valence-electron chi connectivity index (χ0n) is 11.2. The summed E-state index contributed by atoms with van der Waals surface area (Å²) in [7, 11) is 0. The molecule has 2 aliphatic heterocycles. The van der Waals surface area contributed by atoms with E-state index in [1.165, 1.54) is 39.0 Å². The molecular weight excluding hydrogens is 260 g/mol. The maximum Gasteiger partial charge on any atom is 0.120 e. The lowest BCUT2D eigenvalue weighted by molar-refractivity contribution is 0.217. The average molecular weight is 281 g/mol. The van der Waals surface area contributed by atoms with Crippen LogP contribution in [-0.2, 0) is 0 Å². The highest BCUT2D eigenvalue weighted by Gasteiger charge is 2.39. The van der Waals surface area contributed by atoms with Gasteiger partial charge in [-0.1, -0.05) is 17.7 Å². The molecule has 0 amide bonds. The Labute approximate surface area is 119 Å². The lowest BCUT2D eigenvalue weighted by atomic mass is 9.87. The second-order valence-corrected chi connectivity index (χ2v) is 6.20. The maximum absolute atomic E-state index is 5.94. The van der Waals surface area contributed by atoms with E-state index in [1.54, 1.807) is 0 Å². The van der Waals surface area contributed by atoms with E-state index < -0.39 is 0 Å². The van der Waals surface area contributed by atoms with Crippen molar-refractivity contribution in [3.8, 4) is 5.75 Å². The lowest BCUT2D eigenvalue weighted by Gasteiger charge is -2.22. The Hall–Kier alpha value is -0.770. The van der Waals surface area contributed by atoms with Crippen LogP contribution in [0.5, 0.6) is 5.75 Å². The van der Waals surface area contributed by atoms with Crippen LogP contribution in [0.4, 0.5) is 0 Å². The van der Waals surface area contributed by atoms with Crippen molar-refractivity contribution in [2.45, 2.75) is 12.8 Å². The molecule has 0 saturated carbocycles. The zero-order valence-corrected chi connectivity index (χ0v) is 12.0.